The van der Waals surface area contributed by atoms with Crippen molar-refractivity contribution in [1.82, 2.24) is 19.6 Å². The van der Waals surface area contributed by atoms with Crippen molar-refractivity contribution in [3.05, 3.63) is 78.2 Å². The van der Waals surface area contributed by atoms with Crippen LogP contribution in [0.15, 0.2) is 67.1 Å². The molecule has 0 bridgehead atoms. The lowest BCUT2D eigenvalue weighted by atomic mass is 10.0. The Kier molecular flexibility index (Phi) is 5.21. The van der Waals surface area contributed by atoms with E-state index in [2.05, 4.69) is 25.7 Å². The van der Waals surface area contributed by atoms with Gasteiger partial charge in [-0.2, -0.15) is 9.61 Å². The van der Waals surface area contributed by atoms with Crippen molar-refractivity contribution in [2.45, 2.75) is 12.6 Å². The van der Waals surface area contributed by atoms with Gasteiger partial charge in [-0.3, -0.25) is 4.98 Å². The second-order valence-electron chi connectivity index (χ2n) is 6.61. The first-order valence-corrected chi connectivity index (χ1v) is 9.16. The molecule has 0 aliphatic rings. The fraction of sp³-hybridized carbons (Fsp3) is 0.150. The van der Waals surface area contributed by atoms with Gasteiger partial charge in [0.25, 0.3) is 0 Å². The van der Waals surface area contributed by atoms with E-state index in [1.807, 2.05) is 62.6 Å². The van der Waals surface area contributed by atoms with Crippen molar-refractivity contribution in [1.29, 1.82) is 0 Å². The fourth-order valence-corrected chi connectivity index (χ4v) is 2.98. The molecular formula is C20H21BN6O. The highest BCUT2D eigenvalue weighted by Gasteiger charge is 2.11. The monoisotopic (exact) mass is 372 g/mol. The van der Waals surface area contributed by atoms with E-state index in [1.54, 1.807) is 16.9 Å². The molecule has 140 valence electrons. The van der Waals surface area contributed by atoms with Crippen molar-refractivity contribution in [2.75, 3.05) is 17.2 Å². The van der Waals surface area contributed by atoms with E-state index in [1.165, 1.54) is 0 Å². The summed E-state index contributed by atoms with van der Waals surface area (Å²) in [5.74, 6) is 1.50. The van der Waals surface area contributed by atoms with Gasteiger partial charge in [0, 0.05) is 37.7 Å². The number of nitrogens with zero attached hydrogens (tertiary/aromatic N) is 4. The van der Waals surface area contributed by atoms with E-state index < -0.39 is 6.10 Å². The molecule has 3 heterocycles. The molecule has 0 aliphatic heterocycles. The van der Waals surface area contributed by atoms with Crippen LogP contribution in [0.3, 0.4) is 0 Å². The molecule has 1 unspecified atom stereocenters. The molecule has 1 atom stereocenters. The van der Waals surface area contributed by atoms with Gasteiger partial charge in [0.15, 0.2) is 5.65 Å². The lowest BCUT2D eigenvalue weighted by Gasteiger charge is -2.15. The van der Waals surface area contributed by atoms with Crippen molar-refractivity contribution in [2.24, 2.45) is 0 Å². The van der Waals surface area contributed by atoms with Gasteiger partial charge >= 0.3 is 0 Å². The predicted molar refractivity (Wildman–Crippen MR) is 113 cm³/mol. The van der Waals surface area contributed by atoms with Crippen LogP contribution in [0.4, 0.5) is 11.6 Å². The Hall–Kier alpha value is -3.39. The van der Waals surface area contributed by atoms with E-state index in [4.69, 9.17) is 0 Å². The third-order valence-corrected chi connectivity index (χ3v) is 4.51. The van der Waals surface area contributed by atoms with Gasteiger partial charge in [0.05, 0.1) is 6.10 Å². The molecule has 28 heavy (non-hydrogen) atoms. The van der Waals surface area contributed by atoms with E-state index in [9.17, 15) is 5.11 Å². The molecule has 0 saturated heterocycles. The number of hydrogen-bond donors (Lipinski definition) is 3. The summed E-state index contributed by atoms with van der Waals surface area (Å²) in [5.41, 5.74) is 3.70. The second kappa shape index (κ2) is 8.10. The number of fused-ring (bicyclic) bond motifs is 1. The van der Waals surface area contributed by atoms with Gasteiger partial charge < -0.3 is 15.7 Å². The minimum Gasteiger partial charge on any atom is -0.387 e. The predicted octanol–water partition coefficient (Wildman–Crippen LogP) is 1.14. The molecule has 3 aromatic heterocycles. The average Bonchev–Trinajstić information content (AvgIpc) is 3.12. The molecule has 4 aromatic rings. The number of nitrogens with one attached hydrogen (secondary N) is 2. The highest BCUT2D eigenvalue weighted by molar-refractivity contribution is 6.36. The number of aliphatic hydroxyl groups is 1. The number of anilines is 2. The molecule has 8 heteroatoms. The van der Waals surface area contributed by atoms with Crippen molar-refractivity contribution in [3.63, 3.8) is 0 Å². The van der Waals surface area contributed by atoms with Gasteiger partial charge in [0.2, 0.25) is 0 Å². The zero-order valence-electron chi connectivity index (χ0n) is 15.6. The molecule has 0 aliphatic carbocycles. The van der Waals surface area contributed by atoms with Crippen LogP contribution in [0.1, 0.15) is 17.2 Å². The minimum absolute atomic E-state index is 0.364. The highest BCUT2D eigenvalue weighted by Crippen LogP contribution is 2.18. The van der Waals surface area contributed by atoms with E-state index >= 15 is 0 Å². The smallest absolute Gasteiger partial charge is 0.153 e. The summed E-state index contributed by atoms with van der Waals surface area (Å²) in [6.45, 7) is 0.986. The number of pyridine rings is 1. The Morgan fingerprint density at radius 1 is 1.07 bits per heavy atom. The minimum atomic E-state index is -0.614. The SMILES string of the molecule is Bc1cnn2c(NCc3cccnc3)cc(NCC(O)c3ccccc3)nc12. The zero-order valence-corrected chi connectivity index (χ0v) is 15.6. The van der Waals surface area contributed by atoms with Crippen LogP contribution in [0, 0.1) is 0 Å². The van der Waals surface area contributed by atoms with E-state index in [0.29, 0.717) is 18.9 Å². The van der Waals surface area contributed by atoms with Gasteiger partial charge in [-0.05, 0) is 22.7 Å². The van der Waals surface area contributed by atoms with Crippen LogP contribution >= 0.6 is 0 Å². The first-order valence-electron chi connectivity index (χ1n) is 9.16. The third kappa shape index (κ3) is 3.97. The summed E-state index contributed by atoms with van der Waals surface area (Å²) in [6.07, 6.45) is 4.76. The number of aliphatic hydroxyl groups excluding tert-OH is 1. The molecule has 0 saturated carbocycles. The topological polar surface area (TPSA) is 87.4 Å². The Balaban J connectivity index is 1.54. The standard InChI is InChI=1S/C20H21BN6O/c21-16-12-25-27-19(24-11-14-5-4-8-22-10-14)9-18(26-20(16)27)23-13-17(28)15-6-2-1-3-7-15/h1-10,12,17,24,28H,11,13,21H2,(H,23,26). The Labute approximate surface area is 163 Å². The summed E-state index contributed by atoms with van der Waals surface area (Å²) in [6, 6.07) is 15.4. The molecule has 0 spiro atoms. The molecule has 0 radical (unpaired) electrons. The second-order valence-corrected chi connectivity index (χ2v) is 6.61. The first kappa shape index (κ1) is 18.0. The molecule has 0 fully saturated rings. The Bertz CT molecular complexity index is 1050. The maximum absolute atomic E-state index is 10.4. The first-order chi connectivity index (χ1) is 13.7. The van der Waals surface area contributed by atoms with Crippen molar-refractivity contribution >= 4 is 30.6 Å². The summed E-state index contributed by atoms with van der Waals surface area (Å²) in [4.78, 5) is 8.79. The quantitative estimate of drug-likeness (QED) is 0.422. The van der Waals surface area contributed by atoms with Crippen LogP contribution < -0.4 is 16.1 Å². The number of hydrogen-bond acceptors (Lipinski definition) is 6. The maximum atomic E-state index is 10.4. The Morgan fingerprint density at radius 2 is 1.93 bits per heavy atom. The van der Waals surface area contributed by atoms with Gasteiger partial charge in [-0.15, -0.1) is 0 Å². The average molecular weight is 372 g/mol. The van der Waals surface area contributed by atoms with Crippen molar-refractivity contribution in [3.8, 4) is 0 Å². The van der Waals surface area contributed by atoms with E-state index in [-0.39, 0.29) is 0 Å². The summed E-state index contributed by atoms with van der Waals surface area (Å²) in [7, 11) is 1.98. The van der Waals surface area contributed by atoms with Gasteiger partial charge in [-0.25, -0.2) is 4.98 Å². The maximum Gasteiger partial charge on any atom is 0.153 e. The Morgan fingerprint density at radius 3 is 2.71 bits per heavy atom. The largest absolute Gasteiger partial charge is 0.387 e. The zero-order chi connectivity index (χ0) is 19.3. The van der Waals surface area contributed by atoms with Gasteiger partial charge in [0.1, 0.15) is 19.5 Å². The normalized spacial score (nSPS) is 12.0. The fourth-order valence-electron chi connectivity index (χ4n) is 2.98. The van der Waals surface area contributed by atoms with Crippen LogP contribution in [0.5, 0.6) is 0 Å². The molecule has 0 amide bonds. The van der Waals surface area contributed by atoms with E-state index in [0.717, 1.165) is 28.1 Å². The third-order valence-electron chi connectivity index (χ3n) is 4.51. The van der Waals surface area contributed by atoms with Crippen LogP contribution in [0.25, 0.3) is 5.65 Å². The van der Waals surface area contributed by atoms with Crippen LogP contribution in [-0.2, 0) is 6.54 Å². The lowest BCUT2D eigenvalue weighted by molar-refractivity contribution is 0.191. The summed E-state index contributed by atoms with van der Waals surface area (Å²) >= 11 is 0. The number of aromatic nitrogens is 4. The molecule has 4 rings (SSSR count). The summed E-state index contributed by atoms with van der Waals surface area (Å²) in [5, 5.41) is 21.4. The summed E-state index contributed by atoms with van der Waals surface area (Å²) < 4.78 is 1.78. The molecule has 7 nitrogen and oxygen atoms in total. The number of benzene rings is 1. The number of rotatable bonds is 7. The van der Waals surface area contributed by atoms with Crippen LogP contribution in [-0.4, -0.2) is 39.1 Å². The van der Waals surface area contributed by atoms with Gasteiger partial charge in [-0.1, -0.05) is 36.4 Å². The highest BCUT2D eigenvalue weighted by atomic mass is 16.3. The lowest BCUT2D eigenvalue weighted by Crippen LogP contribution is -2.15. The molecular weight excluding hydrogens is 351 g/mol. The van der Waals surface area contributed by atoms with Crippen molar-refractivity contribution < 1.29 is 5.11 Å². The van der Waals surface area contributed by atoms with Crippen LogP contribution in [0.2, 0.25) is 0 Å². The molecule has 1 aromatic carbocycles. The molecule has 3 N–H and O–H groups in total.